The molecule has 32 heavy (non-hydrogen) atoms. The summed E-state index contributed by atoms with van der Waals surface area (Å²) in [5.41, 5.74) is 0.770. The first-order valence-electron chi connectivity index (χ1n) is 10.3. The zero-order valence-corrected chi connectivity index (χ0v) is 18.5. The molecule has 4 aromatic rings. The zero-order valence-electron chi connectivity index (χ0n) is 17.7. The minimum atomic E-state index is -0.363. The van der Waals surface area contributed by atoms with E-state index in [1.807, 2.05) is 85.3 Å². The van der Waals surface area contributed by atoms with Crippen LogP contribution in [0.25, 0.3) is 10.8 Å². The Morgan fingerprint density at radius 3 is 2.66 bits per heavy atom. The van der Waals surface area contributed by atoms with Crippen molar-refractivity contribution in [1.29, 1.82) is 0 Å². The van der Waals surface area contributed by atoms with Crippen molar-refractivity contribution in [3.8, 4) is 11.5 Å². The van der Waals surface area contributed by atoms with Gasteiger partial charge in [0.15, 0.2) is 28.6 Å². The van der Waals surface area contributed by atoms with E-state index in [1.165, 1.54) is 11.8 Å². The number of anilines is 1. The molecule has 0 spiro atoms. The summed E-state index contributed by atoms with van der Waals surface area (Å²) in [6.07, 6.45) is -0.363. The monoisotopic (exact) mass is 446 g/mol. The van der Waals surface area contributed by atoms with Crippen LogP contribution in [0.1, 0.15) is 18.9 Å². The number of para-hydroxylation sites is 2. The van der Waals surface area contributed by atoms with Gasteiger partial charge in [-0.25, -0.2) is 0 Å². The number of hydrogen-bond acceptors (Lipinski definition) is 6. The Kier molecular flexibility index (Phi) is 5.45. The van der Waals surface area contributed by atoms with Crippen LogP contribution in [0.15, 0.2) is 71.9 Å². The van der Waals surface area contributed by atoms with Gasteiger partial charge in [-0.05, 0) is 42.0 Å². The number of hydrogen-bond donors (Lipinski definition) is 1. The standard InChI is InChI=1S/C24H22N4O3S/c1-15(23(29)25-18-12-11-16-7-3-4-8-17(16)13-18)32-24-27-26-22(28(24)2)21-14-30-19-9-5-6-10-20(19)31-21/h3-13,15,21H,14H2,1-2H3,(H,25,29)/t15-,21+/m0/s1. The van der Waals surface area contributed by atoms with Gasteiger partial charge in [0.1, 0.15) is 6.61 Å². The van der Waals surface area contributed by atoms with Crippen molar-refractivity contribution < 1.29 is 14.3 Å². The number of aromatic nitrogens is 3. The molecule has 0 unspecified atom stereocenters. The smallest absolute Gasteiger partial charge is 0.237 e. The summed E-state index contributed by atoms with van der Waals surface area (Å²) in [6.45, 7) is 2.21. The maximum Gasteiger partial charge on any atom is 0.237 e. The second-order valence-corrected chi connectivity index (χ2v) is 8.88. The largest absolute Gasteiger partial charge is 0.485 e. The van der Waals surface area contributed by atoms with Crippen LogP contribution in [-0.4, -0.2) is 32.5 Å². The molecule has 2 heterocycles. The number of ether oxygens (including phenoxy) is 2. The molecule has 1 aromatic heterocycles. The van der Waals surface area contributed by atoms with Crippen molar-refractivity contribution in [2.75, 3.05) is 11.9 Å². The summed E-state index contributed by atoms with van der Waals surface area (Å²) in [5, 5.41) is 14.1. The maximum absolute atomic E-state index is 12.8. The van der Waals surface area contributed by atoms with Crippen molar-refractivity contribution in [2.24, 2.45) is 7.05 Å². The van der Waals surface area contributed by atoms with Crippen LogP contribution in [0.3, 0.4) is 0 Å². The lowest BCUT2D eigenvalue weighted by Crippen LogP contribution is -2.25. The fraction of sp³-hybridized carbons (Fsp3) is 0.208. The molecule has 1 aliphatic rings. The van der Waals surface area contributed by atoms with Gasteiger partial charge in [0.25, 0.3) is 0 Å². The van der Waals surface area contributed by atoms with Crippen molar-refractivity contribution in [3.63, 3.8) is 0 Å². The second-order valence-electron chi connectivity index (χ2n) is 7.58. The maximum atomic E-state index is 12.8. The number of carbonyl (C=O) groups is 1. The van der Waals surface area contributed by atoms with Crippen LogP contribution < -0.4 is 14.8 Å². The molecule has 162 valence electrons. The molecule has 0 bridgehead atoms. The fourth-order valence-corrected chi connectivity index (χ4v) is 4.40. The lowest BCUT2D eigenvalue weighted by molar-refractivity contribution is -0.115. The Morgan fingerprint density at radius 2 is 1.81 bits per heavy atom. The number of benzene rings is 3. The molecule has 1 aliphatic heterocycles. The summed E-state index contributed by atoms with van der Waals surface area (Å²) >= 11 is 1.35. The molecular formula is C24H22N4O3S. The van der Waals surface area contributed by atoms with Crippen molar-refractivity contribution in [1.82, 2.24) is 14.8 Å². The fourth-order valence-electron chi connectivity index (χ4n) is 3.58. The van der Waals surface area contributed by atoms with Gasteiger partial charge in [0.05, 0.1) is 5.25 Å². The number of nitrogens with one attached hydrogen (secondary N) is 1. The number of fused-ring (bicyclic) bond motifs is 2. The van der Waals surface area contributed by atoms with Crippen molar-refractivity contribution in [3.05, 3.63) is 72.6 Å². The van der Waals surface area contributed by atoms with Crippen LogP contribution in [0.5, 0.6) is 11.5 Å². The Labute approximate surface area is 189 Å². The molecule has 0 saturated carbocycles. The lowest BCUT2D eigenvalue weighted by atomic mass is 10.1. The number of carbonyl (C=O) groups excluding carboxylic acids is 1. The number of nitrogens with zero attached hydrogens (tertiary/aromatic N) is 3. The third-order valence-corrected chi connectivity index (χ3v) is 6.47. The Bertz CT molecular complexity index is 1290. The van der Waals surface area contributed by atoms with Gasteiger partial charge in [-0.15, -0.1) is 10.2 Å². The summed E-state index contributed by atoms with van der Waals surface area (Å²) in [5.74, 6) is 1.97. The quantitative estimate of drug-likeness (QED) is 0.452. The highest BCUT2D eigenvalue weighted by molar-refractivity contribution is 8.00. The van der Waals surface area contributed by atoms with Gasteiger partial charge < -0.3 is 19.4 Å². The highest BCUT2D eigenvalue weighted by Crippen LogP contribution is 2.36. The average Bonchev–Trinajstić information content (AvgIpc) is 3.18. The van der Waals surface area contributed by atoms with E-state index in [0.717, 1.165) is 22.2 Å². The average molecular weight is 447 g/mol. The van der Waals surface area contributed by atoms with E-state index in [-0.39, 0.29) is 17.3 Å². The molecule has 2 atom stereocenters. The minimum absolute atomic E-state index is 0.0963. The van der Waals surface area contributed by atoms with Crippen LogP contribution in [0.2, 0.25) is 0 Å². The number of thioether (sulfide) groups is 1. The van der Waals surface area contributed by atoms with Crippen LogP contribution in [-0.2, 0) is 11.8 Å². The Morgan fingerprint density at radius 1 is 1.06 bits per heavy atom. The molecule has 8 heteroatoms. The van der Waals surface area contributed by atoms with E-state index in [2.05, 4.69) is 15.5 Å². The zero-order chi connectivity index (χ0) is 22.1. The molecule has 3 aromatic carbocycles. The molecule has 0 saturated heterocycles. The first-order chi connectivity index (χ1) is 15.6. The van der Waals surface area contributed by atoms with E-state index in [0.29, 0.717) is 23.3 Å². The van der Waals surface area contributed by atoms with Gasteiger partial charge in [-0.1, -0.05) is 54.2 Å². The van der Waals surface area contributed by atoms with E-state index >= 15 is 0 Å². The molecule has 1 N–H and O–H groups in total. The minimum Gasteiger partial charge on any atom is -0.485 e. The van der Waals surface area contributed by atoms with E-state index in [1.54, 1.807) is 0 Å². The highest BCUT2D eigenvalue weighted by Gasteiger charge is 2.28. The molecular weight excluding hydrogens is 424 g/mol. The molecule has 1 amide bonds. The van der Waals surface area contributed by atoms with Gasteiger partial charge in [-0.2, -0.15) is 0 Å². The third kappa shape index (κ3) is 4.01. The van der Waals surface area contributed by atoms with Crippen LogP contribution in [0.4, 0.5) is 5.69 Å². The Balaban J connectivity index is 1.26. The second kappa shape index (κ2) is 8.55. The van der Waals surface area contributed by atoms with Crippen LogP contribution >= 0.6 is 11.8 Å². The number of amides is 1. The van der Waals surface area contributed by atoms with Gasteiger partial charge >= 0.3 is 0 Å². The van der Waals surface area contributed by atoms with E-state index in [4.69, 9.17) is 9.47 Å². The van der Waals surface area contributed by atoms with Crippen LogP contribution in [0, 0.1) is 0 Å². The first kappa shape index (κ1) is 20.4. The SMILES string of the molecule is C[C@H](Sc1nnc([C@H]2COc3ccccc3O2)n1C)C(=O)Nc1ccc2ccccc2c1. The summed E-state index contributed by atoms with van der Waals surface area (Å²) in [6, 6.07) is 21.5. The number of rotatable bonds is 5. The summed E-state index contributed by atoms with van der Waals surface area (Å²) < 4.78 is 13.7. The highest BCUT2D eigenvalue weighted by atomic mass is 32.2. The predicted molar refractivity (Wildman–Crippen MR) is 124 cm³/mol. The Hall–Kier alpha value is -3.52. The molecule has 0 fully saturated rings. The molecule has 0 aliphatic carbocycles. The topological polar surface area (TPSA) is 78.3 Å². The lowest BCUT2D eigenvalue weighted by Gasteiger charge is -2.25. The third-order valence-electron chi connectivity index (χ3n) is 5.33. The van der Waals surface area contributed by atoms with Crippen molar-refractivity contribution in [2.45, 2.75) is 23.4 Å². The molecule has 5 rings (SSSR count). The van der Waals surface area contributed by atoms with Crippen molar-refractivity contribution >= 4 is 34.1 Å². The van der Waals surface area contributed by atoms with Gasteiger partial charge in [0, 0.05) is 12.7 Å². The van der Waals surface area contributed by atoms with Gasteiger partial charge in [-0.3, -0.25) is 4.79 Å². The normalized spacial score (nSPS) is 16.0. The summed E-state index contributed by atoms with van der Waals surface area (Å²) in [4.78, 5) is 12.8. The first-order valence-corrected chi connectivity index (χ1v) is 11.2. The van der Waals surface area contributed by atoms with Gasteiger partial charge in [0.2, 0.25) is 5.91 Å². The molecule has 7 nitrogen and oxygen atoms in total. The van der Waals surface area contributed by atoms with E-state index < -0.39 is 0 Å². The summed E-state index contributed by atoms with van der Waals surface area (Å²) in [7, 11) is 1.87. The van der Waals surface area contributed by atoms with E-state index in [9.17, 15) is 4.79 Å². The molecule has 0 radical (unpaired) electrons. The predicted octanol–water partition coefficient (Wildman–Crippen LogP) is 4.60.